The molecule has 3 nitrogen and oxygen atoms in total. The Kier molecular flexibility index (Phi) is 3.88. The highest BCUT2D eigenvalue weighted by molar-refractivity contribution is 5.55. The van der Waals surface area contributed by atoms with Gasteiger partial charge in [-0.05, 0) is 32.7 Å². The fourth-order valence-corrected chi connectivity index (χ4v) is 2.58. The van der Waals surface area contributed by atoms with Crippen LogP contribution in [0.3, 0.4) is 0 Å². The number of benzene rings is 1. The molecule has 0 saturated heterocycles. The first kappa shape index (κ1) is 13.4. The summed E-state index contributed by atoms with van der Waals surface area (Å²) in [5.74, 6) is 2.60. The number of hydrogen-bond donors (Lipinski definition) is 0. The summed E-state index contributed by atoms with van der Waals surface area (Å²) < 4.78 is 5.84. The highest BCUT2D eigenvalue weighted by Gasteiger charge is 2.30. The van der Waals surface area contributed by atoms with E-state index < -0.39 is 0 Å². The minimum Gasteiger partial charge on any atom is -0.441 e. The first-order valence-corrected chi connectivity index (χ1v) is 7.44. The Labute approximate surface area is 120 Å². The van der Waals surface area contributed by atoms with Gasteiger partial charge in [0.1, 0.15) is 0 Å². The standard InChI is InChI=1S/C17H22N2O/c1-13(14-8-9-14)19(2)11-10-17-18-12-16(20-17)15-6-4-3-5-7-15/h3-7,12-14H,8-11H2,1-2H3/t13-/m0/s1. The average Bonchev–Trinajstić information content (AvgIpc) is 3.23. The second-order valence-corrected chi connectivity index (χ2v) is 5.79. The van der Waals surface area contributed by atoms with Crippen LogP contribution in [0.4, 0.5) is 0 Å². The van der Waals surface area contributed by atoms with Crippen LogP contribution in [0.5, 0.6) is 0 Å². The summed E-state index contributed by atoms with van der Waals surface area (Å²) in [6.45, 7) is 3.33. The number of hydrogen-bond acceptors (Lipinski definition) is 3. The molecule has 0 unspecified atom stereocenters. The topological polar surface area (TPSA) is 29.3 Å². The molecule has 1 aromatic heterocycles. The molecular weight excluding hydrogens is 248 g/mol. The summed E-state index contributed by atoms with van der Waals surface area (Å²) in [6.07, 6.45) is 5.49. The van der Waals surface area contributed by atoms with E-state index in [-0.39, 0.29) is 0 Å². The van der Waals surface area contributed by atoms with Crippen molar-refractivity contribution >= 4 is 0 Å². The number of nitrogens with zero attached hydrogens (tertiary/aromatic N) is 2. The Hall–Kier alpha value is -1.61. The van der Waals surface area contributed by atoms with Gasteiger partial charge >= 0.3 is 0 Å². The van der Waals surface area contributed by atoms with Crippen LogP contribution in [0.15, 0.2) is 40.9 Å². The van der Waals surface area contributed by atoms with Crippen molar-refractivity contribution in [3.8, 4) is 11.3 Å². The van der Waals surface area contributed by atoms with Crippen LogP contribution in [-0.2, 0) is 6.42 Å². The van der Waals surface area contributed by atoms with Crippen molar-refractivity contribution in [2.45, 2.75) is 32.2 Å². The molecule has 3 rings (SSSR count). The normalized spacial score (nSPS) is 16.6. The zero-order valence-electron chi connectivity index (χ0n) is 12.2. The van der Waals surface area contributed by atoms with E-state index in [9.17, 15) is 0 Å². The van der Waals surface area contributed by atoms with Gasteiger partial charge in [-0.2, -0.15) is 0 Å². The van der Waals surface area contributed by atoms with E-state index >= 15 is 0 Å². The van der Waals surface area contributed by atoms with Gasteiger partial charge in [0.05, 0.1) is 6.20 Å². The Morgan fingerprint density at radius 3 is 2.75 bits per heavy atom. The van der Waals surface area contributed by atoms with Gasteiger partial charge in [-0.3, -0.25) is 0 Å². The first-order valence-electron chi connectivity index (χ1n) is 7.44. The van der Waals surface area contributed by atoms with Gasteiger partial charge in [0.25, 0.3) is 0 Å². The SMILES string of the molecule is C[C@@H](C1CC1)N(C)CCc1ncc(-c2ccccc2)o1. The Bertz CT molecular complexity index is 545. The number of rotatable bonds is 6. The van der Waals surface area contributed by atoms with Gasteiger partial charge in [-0.15, -0.1) is 0 Å². The highest BCUT2D eigenvalue weighted by Crippen LogP contribution is 2.34. The predicted molar refractivity (Wildman–Crippen MR) is 80.5 cm³/mol. The largest absolute Gasteiger partial charge is 0.441 e. The first-order chi connectivity index (χ1) is 9.74. The van der Waals surface area contributed by atoms with Gasteiger partial charge in [0.2, 0.25) is 0 Å². The number of oxazole rings is 1. The molecule has 3 heteroatoms. The quantitative estimate of drug-likeness (QED) is 0.803. The maximum Gasteiger partial charge on any atom is 0.196 e. The molecule has 0 bridgehead atoms. The molecule has 0 N–H and O–H groups in total. The van der Waals surface area contributed by atoms with E-state index in [0.717, 1.165) is 36.1 Å². The van der Waals surface area contributed by atoms with Crippen molar-refractivity contribution in [3.05, 3.63) is 42.4 Å². The van der Waals surface area contributed by atoms with Crippen LogP contribution < -0.4 is 0 Å². The molecule has 0 aliphatic heterocycles. The van der Waals surface area contributed by atoms with E-state index in [0.29, 0.717) is 6.04 Å². The maximum absolute atomic E-state index is 5.84. The number of aromatic nitrogens is 1. The van der Waals surface area contributed by atoms with E-state index in [1.54, 1.807) is 0 Å². The van der Waals surface area contributed by atoms with Gasteiger partial charge in [0.15, 0.2) is 11.7 Å². The monoisotopic (exact) mass is 270 g/mol. The van der Waals surface area contributed by atoms with Crippen LogP contribution in [0.2, 0.25) is 0 Å². The predicted octanol–water partition coefficient (Wildman–Crippen LogP) is 3.61. The third-order valence-corrected chi connectivity index (χ3v) is 4.29. The van der Waals surface area contributed by atoms with E-state index in [2.05, 4.69) is 23.9 Å². The third-order valence-electron chi connectivity index (χ3n) is 4.29. The van der Waals surface area contributed by atoms with Gasteiger partial charge in [-0.25, -0.2) is 4.98 Å². The molecule has 0 amide bonds. The zero-order valence-corrected chi connectivity index (χ0v) is 12.2. The van der Waals surface area contributed by atoms with Crippen LogP contribution in [0.1, 0.15) is 25.7 Å². The molecule has 1 fully saturated rings. The summed E-state index contributed by atoms with van der Waals surface area (Å²) in [4.78, 5) is 6.81. The lowest BCUT2D eigenvalue weighted by molar-refractivity contribution is 0.232. The van der Waals surface area contributed by atoms with Crippen molar-refractivity contribution in [1.29, 1.82) is 0 Å². The van der Waals surface area contributed by atoms with Crippen LogP contribution in [0, 0.1) is 5.92 Å². The summed E-state index contributed by atoms with van der Waals surface area (Å²) >= 11 is 0. The Morgan fingerprint density at radius 2 is 2.05 bits per heavy atom. The van der Waals surface area contributed by atoms with Crippen molar-refractivity contribution in [1.82, 2.24) is 9.88 Å². The fourth-order valence-electron chi connectivity index (χ4n) is 2.58. The van der Waals surface area contributed by atoms with Gasteiger partial charge < -0.3 is 9.32 Å². The summed E-state index contributed by atoms with van der Waals surface area (Å²) in [6, 6.07) is 10.8. The summed E-state index contributed by atoms with van der Waals surface area (Å²) in [5.41, 5.74) is 1.09. The molecule has 1 saturated carbocycles. The minimum atomic E-state index is 0.679. The van der Waals surface area contributed by atoms with E-state index in [1.807, 2.05) is 36.5 Å². The van der Waals surface area contributed by atoms with Crippen LogP contribution in [-0.4, -0.2) is 29.5 Å². The fraction of sp³-hybridized carbons (Fsp3) is 0.471. The molecule has 1 heterocycles. The molecule has 1 aromatic carbocycles. The molecule has 1 aliphatic carbocycles. The molecule has 20 heavy (non-hydrogen) atoms. The molecule has 1 atom stereocenters. The van der Waals surface area contributed by atoms with Crippen LogP contribution >= 0.6 is 0 Å². The summed E-state index contributed by atoms with van der Waals surface area (Å²) in [5, 5.41) is 0. The minimum absolute atomic E-state index is 0.679. The average molecular weight is 270 g/mol. The van der Waals surface area contributed by atoms with Crippen molar-refractivity contribution in [2.24, 2.45) is 5.92 Å². The van der Waals surface area contributed by atoms with Crippen molar-refractivity contribution < 1.29 is 4.42 Å². The van der Waals surface area contributed by atoms with Crippen LogP contribution in [0.25, 0.3) is 11.3 Å². The molecule has 106 valence electrons. The molecular formula is C17H22N2O. The van der Waals surface area contributed by atoms with Gasteiger partial charge in [-0.1, -0.05) is 30.3 Å². The lowest BCUT2D eigenvalue weighted by Crippen LogP contribution is -2.32. The molecule has 1 aliphatic rings. The second kappa shape index (κ2) is 5.80. The second-order valence-electron chi connectivity index (χ2n) is 5.79. The highest BCUT2D eigenvalue weighted by atomic mass is 16.4. The van der Waals surface area contributed by atoms with E-state index in [1.165, 1.54) is 12.8 Å². The van der Waals surface area contributed by atoms with E-state index in [4.69, 9.17) is 4.42 Å². The van der Waals surface area contributed by atoms with Crippen molar-refractivity contribution in [3.63, 3.8) is 0 Å². The van der Waals surface area contributed by atoms with Crippen molar-refractivity contribution in [2.75, 3.05) is 13.6 Å². The molecule has 0 radical (unpaired) electrons. The smallest absolute Gasteiger partial charge is 0.196 e. The Morgan fingerprint density at radius 1 is 1.30 bits per heavy atom. The lowest BCUT2D eigenvalue weighted by Gasteiger charge is -2.23. The zero-order chi connectivity index (χ0) is 13.9. The Balaban J connectivity index is 1.57. The third kappa shape index (κ3) is 3.10. The van der Waals surface area contributed by atoms with Gasteiger partial charge in [0, 0.05) is 24.6 Å². The lowest BCUT2D eigenvalue weighted by atomic mass is 10.2. The molecule has 0 spiro atoms. The number of likely N-dealkylation sites (N-methyl/N-ethyl adjacent to an activating group) is 1. The maximum atomic E-state index is 5.84. The molecule has 2 aromatic rings. The summed E-state index contributed by atoms with van der Waals surface area (Å²) in [7, 11) is 2.20.